The number of carbonyl (C=O) groups is 1. The lowest BCUT2D eigenvalue weighted by atomic mass is 9.98. The van der Waals surface area contributed by atoms with Crippen LogP contribution in [0.1, 0.15) is 18.9 Å². The van der Waals surface area contributed by atoms with Crippen molar-refractivity contribution in [3.8, 4) is 23.0 Å². The standard InChI is InChI=1S/C23H28N2O7S/c1-15(26)24-17-6-7-19(30-3)22(12-17)33(27,28)25-10-8-16(9-11-25)23-20(31-4)13-18(29-2)14-21(23)32-5/h6-8,12-14H,9-11H2,1-5H3,(H,24,26). The van der Waals surface area contributed by atoms with Gasteiger partial charge in [0.1, 0.15) is 27.9 Å². The molecule has 1 heterocycles. The fraction of sp³-hybridized carbons (Fsp3) is 0.348. The van der Waals surface area contributed by atoms with E-state index in [2.05, 4.69) is 5.32 Å². The normalized spacial score (nSPS) is 14.3. The first kappa shape index (κ1) is 24.4. The molecule has 0 saturated carbocycles. The fourth-order valence-corrected chi connectivity index (χ4v) is 5.28. The van der Waals surface area contributed by atoms with Crippen LogP contribution in [0.15, 0.2) is 41.3 Å². The molecule has 33 heavy (non-hydrogen) atoms. The summed E-state index contributed by atoms with van der Waals surface area (Å²) >= 11 is 0. The number of nitrogens with zero attached hydrogens (tertiary/aromatic N) is 1. The summed E-state index contributed by atoms with van der Waals surface area (Å²) in [5.41, 5.74) is 2.06. The molecule has 10 heteroatoms. The quantitative estimate of drug-likeness (QED) is 0.624. The van der Waals surface area contributed by atoms with E-state index in [9.17, 15) is 13.2 Å². The van der Waals surface area contributed by atoms with E-state index in [1.165, 1.54) is 30.5 Å². The molecule has 9 nitrogen and oxygen atoms in total. The molecule has 1 N–H and O–H groups in total. The number of nitrogens with one attached hydrogen (secondary N) is 1. The van der Waals surface area contributed by atoms with Gasteiger partial charge >= 0.3 is 0 Å². The smallest absolute Gasteiger partial charge is 0.247 e. The highest BCUT2D eigenvalue weighted by Crippen LogP contribution is 2.41. The lowest BCUT2D eigenvalue weighted by molar-refractivity contribution is -0.114. The minimum atomic E-state index is -3.88. The van der Waals surface area contributed by atoms with Crippen molar-refractivity contribution in [2.45, 2.75) is 18.2 Å². The summed E-state index contributed by atoms with van der Waals surface area (Å²) in [5.74, 6) is 1.67. The molecule has 0 unspecified atom stereocenters. The SMILES string of the molecule is COc1cc(OC)c(C2=CCN(S(=O)(=O)c3cc(NC(C)=O)ccc3OC)CC2)c(OC)c1. The molecule has 0 radical (unpaired) electrons. The third-order valence-corrected chi connectivity index (χ3v) is 7.20. The molecular weight excluding hydrogens is 448 g/mol. The van der Waals surface area contributed by atoms with Gasteiger partial charge < -0.3 is 24.3 Å². The highest BCUT2D eigenvalue weighted by molar-refractivity contribution is 7.89. The van der Waals surface area contributed by atoms with Crippen LogP contribution < -0.4 is 24.3 Å². The van der Waals surface area contributed by atoms with Crippen molar-refractivity contribution in [3.63, 3.8) is 0 Å². The minimum Gasteiger partial charge on any atom is -0.496 e. The van der Waals surface area contributed by atoms with Crippen molar-refractivity contribution in [1.29, 1.82) is 0 Å². The minimum absolute atomic E-state index is 0.00675. The molecule has 0 aliphatic carbocycles. The largest absolute Gasteiger partial charge is 0.496 e. The van der Waals surface area contributed by atoms with Crippen LogP contribution in [-0.2, 0) is 14.8 Å². The Kier molecular flexibility index (Phi) is 7.50. The number of carbonyl (C=O) groups excluding carboxylic acids is 1. The summed E-state index contributed by atoms with van der Waals surface area (Å²) in [6.45, 7) is 1.76. The average Bonchev–Trinajstić information content (AvgIpc) is 2.82. The zero-order chi connectivity index (χ0) is 24.2. The predicted octanol–water partition coefficient (Wildman–Crippen LogP) is 3.16. The number of hydrogen-bond acceptors (Lipinski definition) is 7. The first-order valence-corrected chi connectivity index (χ1v) is 11.6. The van der Waals surface area contributed by atoms with Gasteiger partial charge in [0.15, 0.2) is 0 Å². The highest BCUT2D eigenvalue weighted by atomic mass is 32.2. The number of amides is 1. The third kappa shape index (κ3) is 5.07. The van der Waals surface area contributed by atoms with E-state index in [0.29, 0.717) is 29.4 Å². The maximum atomic E-state index is 13.4. The van der Waals surface area contributed by atoms with Crippen molar-refractivity contribution in [2.24, 2.45) is 0 Å². The fourth-order valence-electron chi connectivity index (χ4n) is 3.72. The Balaban J connectivity index is 1.95. The molecule has 0 fully saturated rings. The Morgan fingerprint density at radius 1 is 0.939 bits per heavy atom. The van der Waals surface area contributed by atoms with Gasteiger partial charge in [0.25, 0.3) is 0 Å². The van der Waals surface area contributed by atoms with E-state index in [1.807, 2.05) is 6.08 Å². The Hall–Kier alpha value is -3.24. The van der Waals surface area contributed by atoms with Gasteiger partial charge in [-0.15, -0.1) is 0 Å². The maximum Gasteiger partial charge on any atom is 0.247 e. The molecule has 0 aromatic heterocycles. The molecular formula is C23H28N2O7S. The molecule has 1 amide bonds. The zero-order valence-corrected chi connectivity index (χ0v) is 20.1. The maximum absolute atomic E-state index is 13.4. The number of ether oxygens (including phenoxy) is 4. The number of benzene rings is 2. The van der Waals surface area contributed by atoms with Crippen LogP contribution in [0.5, 0.6) is 23.0 Å². The van der Waals surface area contributed by atoms with Gasteiger partial charge in [-0.05, 0) is 30.2 Å². The van der Waals surface area contributed by atoms with Crippen LogP contribution in [0.3, 0.4) is 0 Å². The second-order valence-electron chi connectivity index (χ2n) is 7.30. The van der Waals surface area contributed by atoms with Gasteiger partial charge in [-0.25, -0.2) is 8.42 Å². The number of rotatable bonds is 8. The third-order valence-electron chi connectivity index (χ3n) is 5.31. The van der Waals surface area contributed by atoms with Crippen LogP contribution >= 0.6 is 0 Å². The van der Waals surface area contributed by atoms with Crippen molar-refractivity contribution in [3.05, 3.63) is 42.0 Å². The summed E-state index contributed by atoms with van der Waals surface area (Å²) in [7, 11) is 2.21. The van der Waals surface area contributed by atoms with Gasteiger partial charge in [-0.3, -0.25) is 4.79 Å². The Bertz CT molecular complexity index is 1150. The second-order valence-corrected chi connectivity index (χ2v) is 9.20. The van der Waals surface area contributed by atoms with E-state index < -0.39 is 10.0 Å². The van der Waals surface area contributed by atoms with E-state index in [0.717, 1.165) is 11.1 Å². The van der Waals surface area contributed by atoms with Crippen LogP contribution in [0.4, 0.5) is 5.69 Å². The molecule has 2 aromatic rings. The second kappa shape index (κ2) is 10.1. The van der Waals surface area contributed by atoms with E-state index >= 15 is 0 Å². The highest BCUT2D eigenvalue weighted by Gasteiger charge is 2.31. The molecule has 0 spiro atoms. The number of sulfonamides is 1. The van der Waals surface area contributed by atoms with Crippen LogP contribution in [0.2, 0.25) is 0 Å². The number of anilines is 1. The monoisotopic (exact) mass is 476 g/mol. The molecule has 0 bridgehead atoms. The Labute approximate surface area is 193 Å². The molecule has 3 rings (SSSR count). The van der Waals surface area contributed by atoms with Crippen molar-refractivity contribution in [1.82, 2.24) is 4.31 Å². The van der Waals surface area contributed by atoms with Gasteiger partial charge in [0, 0.05) is 37.8 Å². The van der Waals surface area contributed by atoms with Crippen molar-refractivity contribution in [2.75, 3.05) is 46.8 Å². The lowest BCUT2D eigenvalue weighted by Crippen LogP contribution is -2.35. The van der Waals surface area contributed by atoms with Gasteiger partial charge in [-0.2, -0.15) is 4.31 Å². The van der Waals surface area contributed by atoms with Crippen LogP contribution in [0.25, 0.3) is 5.57 Å². The summed E-state index contributed by atoms with van der Waals surface area (Å²) < 4.78 is 49.9. The van der Waals surface area contributed by atoms with Crippen molar-refractivity contribution < 1.29 is 32.2 Å². The molecule has 1 aliphatic heterocycles. The Morgan fingerprint density at radius 3 is 2.06 bits per heavy atom. The summed E-state index contributed by atoms with van der Waals surface area (Å²) in [5, 5.41) is 2.61. The summed E-state index contributed by atoms with van der Waals surface area (Å²) in [6, 6.07) is 8.05. The van der Waals surface area contributed by atoms with E-state index in [-0.39, 0.29) is 29.6 Å². The molecule has 2 aromatic carbocycles. The lowest BCUT2D eigenvalue weighted by Gasteiger charge is -2.28. The molecule has 1 aliphatic rings. The number of hydrogen-bond donors (Lipinski definition) is 1. The van der Waals surface area contributed by atoms with Crippen LogP contribution in [-0.4, -0.2) is 60.2 Å². The summed E-state index contributed by atoms with van der Waals surface area (Å²) in [4.78, 5) is 11.4. The topological polar surface area (TPSA) is 103 Å². The Morgan fingerprint density at radius 2 is 1.58 bits per heavy atom. The first-order valence-electron chi connectivity index (χ1n) is 10.2. The van der Waals surface area contributed by atoms with Crippen molar-refractivity contribution >= 4 is 27.2 Å². The van der Waals surface area contributed by atoms with E-state index in [4.69, 9.17) is 18.9 Å². The first-order chi connectivity index (χ1) is 15.7. The molecule has 0 saturated heterocycles. The zero-order valence-electron chi connectivity index (χ0n) is 19.3. The van der Waals surface area contributed by atoms with Gasteiger partial charge in [-0.1, -0.05) is 6.08 Å². The van der Waals surface area contributed by atoms with Crippen LogP contribution in [0, 0.1) is 0 Å². The van der Waals surface area contributed by atoms with E-state index in [1.54, 1.807) is 39.5 Å². The van der Waals surface area contributed by atoms with Gasteiger partial charge in [0.2, 0.25) is 15.9 Å². The number of methoxy groups -OCH3 is 4. The molecule has 178 valence electrons. The molecule has 0 atom stereocenters. The predicted molar refractivity (Wildman–Crippen MR) is 125 cm³/mol. The average molecular weight is 477 g/mol. The van der Waals surface area contributed by atoms with Gasteiger partial charge in [0.05, 0.1) is 34.0 Å². The summed E-state index contributed by atoms with van der Waals surface area (Å²) in [6.07, 6.45) is 2.30.